The number of sulfonamides is 1. The van der Waals surface area contributed by atoms with E-state index in [1.165, 1.54) is 30.0 Å². The number of nitrogens with zero attached hydrogens (tertiary/aromatic N) is 3. The largest absolute Gasteiger partial charge is 0.379 e. The number of rotatable bonds is 6. The van der Waals surface area contributed by atoms with E-state index in [4.69, 9.17) is 4.74 Å². The van der Waals surface area contributed by atoms with Gasteiger partial charge < -0.3 is 15.0 Å². The first-order valence-corrected chi connectivity index (χ1v) is 11.0. The van der Waals surface area contributed by atoms with E-state index < -0.39 is 10.0 Å². The average molecular weight is 502 g/mol. The van der Waals surface area contributed by atoms with Crippen LogP contribution < -0.4 is 5.32 Å². The maximum absolute atomic E-state index is 12.3. The zero-order valence-electron chi connectivity index (χ0n) is 16.3. The van der Waals surface area contributed by atoms with Gasteiger partial charge in [0.15, 0.2) is 5.96 Å². The first-order valence-electron chi connectivity index (χ1n) is 9.39. The third kappa shape index (κ3) is 7.47. The number of hydrogen-bond donors (Lipinski definition) is 1. The highest BCUT2D eigenvalue weighted by atomic mass is 127. The Hall–Kier alpha value is -0.130. The first kappa shape index (κ1) is 23.9. The van der Waals surface area contributed by atoms with Crippen molar-refractivity contribution in [1.29, 1.82) is 0 Å². The Morgan fingerprint density at radius 1 is 1.23 bits per heavy atom. The maximum Gasteiger partial charge on any atom is 0.215 e. The van der Waals surface area contributed by atoms with Crippen molar-refractivity contribution in [2.24, 2.45) is 16.8 Å². The Kier molecular flexibility index (Phi) is 10.7. The number of aliphatic imine (C=N–C) groups is 1. The van der Waals surface area contributed by atoms with E-state index in [9.17, 15) is 8.42 Å². The molecule has 7 nitrogen and oxygen atoms in total. The van der Waals surface area contributed by atoms with Crippen LogP contribution in [-0.4, -0.2) is 82.8 Å². The van der Waals surface area contributed by atoms with Crippen LogP contribution in [0.2, 0.25) is 0 Å². The molecule has 1 aliphatic heterocycles. The molecule has 0 unspecified atom stereocenters. The van der Waals surface area contributed by atoms with Crippen LogP contribution >= 0.6 is 24.0 Å². The minimum atomic E-state index is -3.23. The fraction of sp³-hybridized carbons (Fsp3) is 0.941. The Balaban J connectivity index is 0.00000338. The lowest BCUT2D eigenvalue weighted by molar-refractivity contribution is 0.0730. The van der Waals surface area contributed by atoms with E-state index in [1.807, 2.05) is 7.05 Å². The molecule has 1 saturated heterocycles. The van der Waals surface area contributed by atoms with Crippen LogP contribution in [-0.2, 0) is 14.8 Å². The van der Waals surface area contributed by atoms with E-state index in [1.54, 1.807) is 7.05 Å². The summed E-state index contributed by atoms with van der Waals surface area (Å²) in [5.41, 5.74) is 0. The molecule has 154 valence electrons. The Labute approximate surface area is 176 Å². The summed E-state index contributed by atoms with van der Waals surface area (Å²) in [5, 5.41) is 3.20. The van der Waals surface area contributed by atoms with E-state index >= 15 is 0 Å². The summed E-state index contributed by atoms with van der Waals surface area (Å²) in [6.07, 6.45) is 5.16. The van der Waals surface area contributed by atoms with Gasteiger partial charge in [0.25, 0.3) is 0 Å². The van der Waals surface area contributed by atoms with Gasteiger partial charge >= 0.3 is 0 Å². The van der Waals surface area contributed by atoms with Crippen molar-refractivity contribution in [2.45, 2.75) is 32.6 Å². The van der Waals surface area contributed by atoms with Crippen LogP contribution in [0.4, 0.5) is 0 Å². The van der Waals surface area contributed by atoms with Crippen molar-refractivity contribution < 1.29 is 13.2 Å². The molecule has 9 heteroatoms. The van der Waals surface area contributed by atoms with Crippen molar-refractivity contribution in [1.82, 2.24) is 14.5 Å². The van der Waals surface area contributed by atoms with Crippen LogP contribution in [0.15, 0.2) is 4.99 Å². The molecule has 0 atom stereocenters. The van der Waals surface area contributed by atoms with Crippen LogP contribution in [0.3, 0.4) is 0 Å². The number of ether oxygens (including phenoxy) is 1. The number of morpholine rings is 1. The van der Waals surface area contributed by atoms with Gasteiger partial charge in [0.1, 0.15) is 0 Å². The summed E-state index contributed by atoms with van der Waals surface area (Å²) in [6.45, 7) is 5.55. The van der Waals surface area contributed by atoms with Crippen LogP contribution in [0, 0.1) is 11.8 Å². The lowest BCUT2D eigenvalue weighted by Crippen LogP contribution is -2.46. The highest BCUT2D eigenvalue weighted by Gasteiger charge is 2.24. The van der Waals surface area contributed by atoms with Gasteiger partial charge in [-0.05, 0) is 24.7 Å². The second-order valence-corrected chi connectivity index (χ2v) is 9.40. The van der Waals surface area contributed by atoms with Gasteiger partial charge in [-0.1, -0.05) is 19.8 Å². The molecule has 1 aliphatic carbocycles. The van der Waals surface area contributed by atoms with Gasteiger partial charge in [0, 0.05) is 40.3 Å². The van der Waals surface area contributed by atoms with Crippen molar-refractivity contribution in [3.05, 3.63) is 0 Å². The Morgan fingerprint density at radius 3 is 2.42 bits per heavy atom. The molecule has 2 aliphatic rings. The lowest BCUT2D eigenvalue weighted by atomic mass is 9.83. The number of guanidine groups is 1. The number of hydrogen-bond acceptors (Lipinski definition) is 4. The smallest absolute Gasteiger partial charge is 0.215 e. The molecule has 0 aromatic carbocycles. The molecule has 1 N–H and O–H groups in total. The van der Waals surface area contributed by atoms with Gasteiger partial charge in [0.2, 0.25) is 10.0 Å². The average Bonchev–Trinajstić information content (AvgIpc) is 2.61. The van der Waals surface area contributed by atoms with Crippen LogP contribution in [0.1, 0.15) is 32.6 Å². The summed E-state index contributed by atoms with van der Waals surface area (Å²) in [4.78, 5) is 6.43. The molecule has 0 bridgehead atoms. The SMILES string of the molecule is CN=C(NCCS(=O)(=O)N1CCOCC1)N(C)CC1CCC(C)CC1.I. The van der Waals surface area contributed by atoms with E-state index in [0.29, 0.717) is 38.8 Å². The molecular formula is C17H35IN4O3S. The Morgan fingerprint density at radius 2 is 1.85 bits per heavy atom. The second-order valence-electron chi connectivity index (χ2n) is 7.31. The molecule has 0 spiro atoms. The Bertz CT molecular complexity index is 530. The van der Waals surface area contributed by atoms with Gasteiger partial charge in [0.05, 0.1) is 19.0 Å². The van der Waals surface area contributed by atoms with Crippen LogP contribution in [0.25, 0.3) is 0 Å². The predicted molar refractivity (Wildman–Crippen MR) is 117 cm³/mol. The molecule has 1 saturated carbocycles. The quantitative estimate of drug-likeness (QED) is 0.340. The van der Waals surface area contributed by atoms with Crippen molar-refractivity contribution in [2.75, 3.05) is 59.2 Å². The summed E-state index contributed by atoms with van der Waals surface area (Å²) < 4.78 is 31.4. The zero-order chi connectivity index (χ0) is 18.3. The van der Waals surface area contributed by atoms with E-state index in [0.717, 1.165) is 18.4 Å². The predicted octanol–water partition coefficient (Wildman–Crippen LogP) is 1.60. The molecule has 2 rings (SSSR count). The van der Waals surface area contributed by atoms with Crippen molar-refractivity contribution >= 4 is 40.0 Å². The highest BCUT2D eigenvalue weighted by Crippen LogP contribution is 2.28. The monoisotopic (exact) mass is 502 g/mol. The third-order valence-corrected chi connectivity index (χ3v) is 7.12. The van der Waals surface area contributed by atoms with Gasteiger partial charge in [-0.3, -0.25) is 4.99 Å². The number of nitrogens with one attached hydrogen (secondary N) is 1. The fourth-order valence-corrected chi connectivity index (χ4v) is 4.94. The standard InChI is InChI=1S/C17H34N4O3S.HI/c1-15-4-6-16(7-5-15)14-20(3)17(18-2)19-8-13-25(22,23)21-9-11-24-12-10-21;/h15-16H,4-14H2,1-3H3,(H,18,19);1H. The van der Waals surface area contributed by atoms with E-state index in [2.05, 4.69) is 22.1 Å². The topological polar surface area (TPSA) is 74.2 Å². The molecule has 1 heterocycles. The van der Waals surface area contributed by atoms with Crippen LogP contribution in [0.5, 0.6) is 0 Å². The first-order chi connectivity index (χ1) is 11.9. The summed E-state index contributed by atoms with van der Waals surface area (Å²) in [7, 11) is 0.551. The lowest BCUT2D eigenvalue weighted by Gasteiger charge is -2.31. The van der Waals surface area contributed by atoms with Gasteiger partial charge in [-0.15, -0.1) is 24.0 Å². The molecule has 26 heavy (non-hydrogen) atoms. The molecule has 0 aromatic rings. The molecule has 0 aromatic heterocycles. The third-order valence-electron chi connectivity index (χ3n) is 5.25. The van der Waals surface area contributed by atoms with Gasteiger partial charge in [-0.2, -0.15) is 4.31 Å². The summed E-state index contributed by atoms with van der Waals surface area (Å²) >= 11 is 0. The second kappa shape index (κ2) is 11.7. The van der Waals surface area contributed by atoms with E-state index in [-0.39, 0.29) is 29.7 Å². The fourth-order valence-electron chi connectivity index (χ4n) is 3.62. The number of halogens is 1. The maximum atomic E-state index is 12.3. The minimum absolute atomic E-state index is 0. The summed E-state index contributed by atoms with van der Waals surface area (Å²) in [5.74, 6) is 2.41. The molecule has 2 fully saturated rings. The highest BCUT2D eigenvalue weighted by molar-refractivity contribution is 14.0. The molecular weight excluding hydrogens is 467 g/mol. The molecule has 0 amide bonds. The normalized spacial score (nSPS) is 25.4. The van der Waals surface area contributed by atoms with Crippen molar-refractivity contribution in [3.8, 4) is 0 Å². The van der Waals surface area contributed by atoms with Gasteiger partial charge in [-0.25, -0.2) is 8.42 Å². The zero-order valence-corrected chi connectivity index (χ0v) is 19.5. The minimum Gasteiger partial charge on any atom is -0.379 e. The van der Waals surface area contributed by atoms with Crippen molar-refractivity contribution in [3.63, 3.8) is 0 Å². The molecule has 0 radical (unpaired) electrons. The summed E-state index contributed by atoms with van der Waals surface area (Å²) in [6, 6.07) is 0.